The molecule has 0 saturated carbocycles. The summed E-state index contributed by atoms with van der Waals surface area (Å²) < 4.78 is 10.6. The molecule has 1 heterocycles. The van der Waals surface area contributed by atoms with E-state index in [0.29, 0.717) is 26.4 Å². The number of benzene rings is 1. The number of rotatable bonds is 5. The molecule has 2 rings (SSSR count). The van der Waals surface area contributed by atoms with Crippen LogP contribution >= 0.6 is 0 Å². The third-order valence-electron chi connectivity index (χ3n) is 3.77. The van der Waals surface area contributed by atoms with Gasteiger partial charge in [-0.25, -0.2) is 0 Å². The van der Waals surface area contributed by atoms with Crippen LogP contribution in [0.15, 0.2) is 24.3 Å². The Balaban J connectivity index is 2.29. The summed E-state index contributed by atoms with van der Waals surface area (Å²) in [6, 6.07) is 7.79. The lowest BCUT2D eigenvalue weighted by Crippen LogP contribution is -2.37. The zero-order valence-electron chi connectivity index (χ0n) is 10.8. The highest BCUT2D eigenvalue weighted by atomic mass is 16.5. The van der Waals surface area contributed by atoms with Crippen molar-refractivity contribution in [3.63, 3.8) is 0 Å². The van der Waals surface area contributed by atoms with Gasteiger partial charge >= 0.3 is 0 Å². The van der Waals surface area contributed by atoms with Crippen LogP contribution in [-0.2, 0) is 16.1 Å². The number of aliphatic hydroxyl groups excluding tert-OH is 1. The van der Waals surface area contributed by atoms with Crippen LogP contribution in [0.3, 0.4) is 0 Å². The largest absolute Gasteiger partial charge is 0.388 e. The fourth-order valence-electron chi connectivity index (χ4n) is 2.53. The van der Waals surface area contributed by atoms with E-state index in [0.717, 1.165) is 17.5 Å². The molecule has 1 aliphatic heterocycles. The Hall–Kier alpha value is -0.940. The molecule has 0 aliphatic carbocycles. The van der Waals surface area contributed by atoms with Crippen molar-refractivity contribution in [2.24, 2.45) is 11.1 Å². The molecule has 1 saturated heterocycles. The molecule has 0 amide bonds. The number of methoxy groups -OCH3 is 1. The highest BCUT2D eigenvalue weighted by Gasteiger charge is 2.41. The molecule has 0 bridgehead atoms. The average molecular weight is 251 g/mol. The van der Waals surface area contributed by atoms with Crippen molar-refractivity contribution in [1.29, 1.82) is 0 Å². The second-order valence-corrected chi connectivity index (χ2v) is 4.90. The van der Waals surface area contributed by atoms with Crippen molar-refractivity contribution >= 4 is 0 Å². The topological polar surface area (TPSA) is 64.7 Å². The molecule has 4 nitrogen and oxygen atoms in total. The Kier molecular flexibility index (Phi) is 4.35. The minimum Gasteiger partial charge on any atom is -0.388 e. The van der Waals surface area contributed by atoms with E-state index in [9.17, 15) is 5.11 Å². The van der Waals surface area contributed by atoms with Gasteiger partial charge in [0.05, 0.1) is 19.3 Å². The zero-order valence-corrected chi connectivity index (χ0v) is 10.8. The van der Waals surface area contributed by atoms with Crippen LogP contribution in [0.5, 0.6) is 0 Å². The lowest BCUT2D eigenvalue weighted by molar-refractivity contribution is 0.0174. The number of ether oxygens (including phenoxy) is 2. The van der Waals surface area contributed by atoms with E-state index in [2.05, 4.69) is 0 Å². The Morgan fingerprint density at radius 3 is 2.89 bits per heavy atom. The van der Waals surface area contributed by atoms with E-state index < -0.39 is 6.10 Å². The third-order valence-corrected chi connectivity index (χ3v) is 3.77. The number of nitrogens with two attached hydrogens (primary N) is 1. The molecule has 1 aliphatic rings. The van der Waals surface area contributed by atoms with Gasteiger partial charge in [-0.1, -0.05) is 24.3 Å². The predicted molar refractivity (Wildman–Crippen MR) is 69.0 cm³/mol. The fraction of sp³-hybridized carbons (Fsp3) is 0.571. The van der Waals surface area contributed by atoms with Crippen LogP contribution in [0.1, 0.15) is 23.7 Å². The smallest absolute Gasteiger partial charge is 0.0884 e. The van der Waals surface area contributed by atoms with Crippen LogP contribution < -0.4 is 5.73 Å². The highest BCUT2D eigenvalue weighted by Crippen LogP contribution is 2.41. The summed E-state index contributed by atoms with van der Waals surface area (Å²) in [5.41, 5.74) is 7.41. The van der Waals surface area contributed by atoms with Crippen molar-refractivity contribution in [1.82, 2.24) is 0 Å². The van der Waals surface area contributed by atoms with Crippen LogP contribution in [0.2, 0.25) is 0 Å². The molecule has 1 aromatic rings. The van der Waals surface area contributed by atoms with Crippen molar-refractivity contribution < 1.29 is 14.6 Å². The first-order chi connectivity index (χ1) is 8.73. The maximum absolute atomic E-state index is 10.7. The minimum absolute atomic E-state index is 0.357. The van der Waals surface area contributed by atoms with E-state index in [1.54, 1.807) is 7.11 Å². The molecular weight excluding hydrogens is 230 g/mol. The van der Waals surface area contributed by atoms with E-state index >= 15 is 0 Å². The molecule has 0 radical (unpaired) electrons. The Bertz CT molecular complexity index is 388. The first-order valence-electron chi connectivity index (χ1n) is 6.26. The maximum Gasteiger partial charge on any atom is 0.0884 e. The predicted octanol–water partition coefficient (Wildman–Crippen LogP) is 1.23. The maximum atomic E-state index is 10.7. The molecule has 2 atom stereocenters. The van der Waals surface area contributed by atoms with Gasteiger partial charge in [0.2, 0.25) is 0 Å². The summed E-state index contributed by atoms with van der Waals surface area (Å²) in [7, 11) is 1.65. The van der Waals surface area contributed by atoms with E-state index in [-0.39, 0.29) is 5.41 Å². The Morgan fingerprint density at radius 2 is 2.28 bits per heavy atom. The van der Waals surface area contributed by atoms with Crippen LogP contribution in [-0.4, -0.2) is 32.0 Å². The number of hydrogen-bond acceptors (Lipinski definition) is 4. The monoisotopic (exact) mass is 251 g/mol. The van der Waals surface area contributed by atoms with Gasteiger partial charge in [0, 0.05) is 25.7 Å². The fourth-order valence-corrected chi connectivity index (χ4v) is 2.53. The highest BCUT2D eigenvalue weighted by molar-refractivity contribution is 5.30. The molecule has 2 unspecified atom stereocenters. The van der Waals surface area contributed by atoms with Gasteiger partial charge in [-0.2, -0.15) is 0 Å². The molecule has 0 spiro atoms. The average Bonchev–Trinajstić information content (AvgIpc) is 2.89. The minimum atomic E-state index is -0.601. The lowest BCUT2D eigenvalue weighted by atomic mass is 9.77. The Morgan fingerprint density at radius 1 is 1.50 bits per heavy atom. The van der Waals surface area contributed by atoms with Crippen molar-refractivity contribution in [2.75, 3.05) is 26.9 Å². The third kappa shape index (κ3) is 2.42. The zero-order chi connectivity index (χ0) is 13.0. The molecule has 1 fully saturated rings. The van der Waals surface area contributed by atoms with Gasteiger partial charge in [0.15, 0.2) is 0 Å². The van der Waals surface area contributed by atoms with Crippen molar-refractivity contribution in [3.8, 4) is 0 Å². The molecule has 4 heteroatoms. The van der Waals surface area contributed by atoms with Gasteiger partial charge in [-0.3, -0.25) is 0 Å². The van der Waals surface area contributed by atoms with Gasteiger partial charge in [-0.05, 0) is 17.5 Å². The Labute approximate surface area is 108 Å². The summed E-state index contributed by atoms with van der Waals surface area (Å²) in [4.78, 5) is 0. The van der Waals surface area contributed by atoms with Crippen LogP contribution in [0.25, 0.3) is 0 Å². The molecular formula is C14H21NO3. The van der Waals surface area contributed by atoms with Gasteiger partial charge < -0.3 is 20.3 Å². The lowest BCUT2D eigenvalue weighted by Gasteiger charge is -2.32. The standard InChI is InChI=1S/C14H21NO3/c1-17-8-11-4-2-3-5-12(11)13(16)14(9-15)6-7-18-10-14/h2-5,13,16H,6-10,15H2,1H3. The van der Waals surface area contributed by atoms with Crippen LogP contribution in [0, 0.1) is 5.41 Å². The molecule has 3 N–H and O–H groups in total. The second-order valence-electron chi connectivity index (χ2n) is 4.90. The summed E-state index contributed by atoms with van der Waals surface area (Å²) in [5.74, 6) is 0. The van der Waals surface area contributed by atoms with E-state index in [1.165, 1.54) is 0 Å². The summed E-state index contributed by atoms with van der Waals surface area (Å²) >= 11 is 0. The van der Waals surface area contributed by atoms with Crippen molar-refractivity contribution in [3.05, 3.63) is 35.4 Å². The summed E-state index contributed by atoms with van der Waals surface area (Å²) in [6.07, 6.45) is 0.197. The quantitative estimate of drug-likeness (QED) is 0.826. The molecule has 1 aromatic carbocycles. The number of hydrogen-bond donors (Lipinski definition) is 2. The molecule has 0 aromatic heterocycles. The van der Waals surface area contributed by atoms with Crippen LogP contribution in [0.4, 0.5) is 0 Å². The summed E-state index contributed by atoms with van der Waals surface area (Å²) in [6.45, 7) is 2.11. The molecule has 18 heavy (non-hydrogen) atoms. The first-order valence-corrected chi connectivity index (χ1v) is 6.26. The SMILES string of the molecule is COCc1ccccc1C(O)C1(CN)CCOC1. The summed E-state index contributed by atoms with van der Waals surface area (Å²) in [5, 5.41) is 10.7. The number of aliphatic hydroxyl groups is 1. The van der Waals surface area contributed by atoms with Gasteiger partial charge in [0.25, 0.3) is 0 Å². The molecule has 100 valence electrons. The normalized spacial score (nSPS) is 25.3. The van der Waals surface area contributed by atoms with Gasteiger partial charge in [0.1, 0.15) is 0 Å². The first kappa shape index (κ1) is 13.5. The van der Waals surface area contributed by atoms with E-state index in [1.807, 2.05) is 24.3 Å². The van der Waals surface area contributed by atoms with Gasteiger partial charge in [-0.15, -0.1) is 0 Å². The second kappa shape index (κ2) is 5.80. The van der Waals surface area contributed by atoms with E-state index in [4.69, 9.17) is 15.2 Å². The van der Waals surface area contributed by atoms with Crippen molar-refractivity contribution in [2.45, 2.75) is 19.1 Å².